The number of carbonyl (C=O) groups excluding carboxylic acids is 4. The van der Waals surface area contributed by atoms with Gasteiger partial charge in [0.1, 0.15) is 12.9 Å². The zero-order valence-corrected chi connectivity index (χ0v) is 26.1. The molecule has 242 valence electrons. The molecule has 12 heteroatoms. The van der Waals surface area contributed by atoms with E-state index in [2.05, 4.69) is 23.6 Å². The van der Waals surface area contributed by atoms with Crippen molar-refractivity contribution in [2.45, 2.75) is 116 Å². The summed E-state index contributed by atoms with van der Waals surface area (Å²) in [6, 6.07) is 0. The lowest BCUT2D eigenvalue weighted by Gasteiger charge is -2.19. The summed E-state index contributed by atoms with van der Waals surface area (Å²) in [7, 11) is -4.46. The highest BCUT2D eigenvalue weighted by molar-refractivity contribution is 7.47. The number of esters is 2. The first-order chi connectivity index (χ1) is 20.2. The molecular formula is C30H52NO10P. The van der Waals surface area contributed by atoms with E-state index in [0.717, 1.165) is 50.7 Å². The Kier molecular flexibility index (Phi) is 26.2. The van der Waals surface area contributed by atoms with Crippen LogP contribution >= 0.6 is 7.82 Å². The number of allylic oxidation sites excluding steroid dienone is 4. The van der Waals surface area contributed by atoms with Crippen LogP contribution in [0.4, 0.5) is 0 Å². The number of aldehydes is 1. The Bertz CT molecular complexity index is 846. The van der Waals surface area contributed by atoms with Crippen molar-refractivity contribution >= 4 is 31.8 Å². The molecule has 42 heavy (non-hydrogen) atoms. The number of nitrogens with two attached hydrogens (primary N) is 1. The predicted octanol–water partition coefficient (Wildman–Crippen LogP) is 5.68. The summed E-state index contributed by atoms with van der Waals surface area (Å²) in [4.78, 5) is 55.9. The van der Waals surface area contributed by atoms with Crippen molar-refractivity contribution < 1.29 is 47.2 Å². The van der Waals surface area contributed by atoms with Crippen LogP contribution in [0.3, 0.4) is 0 Å². The van der Waals surface area contributed by atoms with Gasteiger partial charge in [-0.25, -0.2) is 4.57 Å². The first kappa shape index (κ1) is 39.8. The molecule has 2 atom stereocenters. The monoisotopic (exact) mass is 617 g/mol. The van der Waals surface area contributed by atoms with Gasteiger partial charge in [-0.05, 0) is 44.3 Å². The van der Waals surface area contributed by atoms with Crippen LogP contribution < -0.4 is 5.73 Å². The molecule has 0 saturated carbocycles. The highest BCUT2D eigenvalue weighted by Gasteiger charge is 2.26. The lowest BCUT2D eigenvalue weighted by molar-refractivity contribution is -0.161. The summed E-state index contributed by atoms with van der Waals surface area (Å²) in [5, 5.41) is 0. The van der Waals surface area contributed by atoms with Gasteiger partial charge in [0.2, 0.25) is 0 Å². The summed E-state index contributed by atoms with van der Waals surface area (Å²) in [5.41, 5.74) is 5.25. The number of hydrogen-bond donors (Lipinski definition) is 2. The molecule has 0 rings (SSSR count). The topological polar surface area (TPSA) is 169 Å². The van der Waals surface area contributed by atoms with Gasteiger partial charge in [0, 0.05) is 19.4 Å². The minimum absolute atomic E-state index is 0.00707. The smallest absolute Gasteiger partial charge is 0.462 e. The molecule has 0 bridgehead atoms. The fraction of sp³-hybridized carbons (Fsp3) is 0.733. The quantitative estimate of drug-likeness (QED) is 0.0265. The highest BCUT2D eigenvalue weighted by Crippen LogP contribution is 2.43. The maximum absolute atomic E-state index is 12.2. The summed E-state index contributed by atoms with van der Waals surface area (Å²) in [5.74, 6) is -1.75. The third-order valence-corrected chi connectivity index (χ3v) is 7.09. The molecule has 0 aromatic heterocycles. The van der Waals surface area contributed by atoms with Crippen molar-refractivity contribution in [3.05, 3.63) is 24.3 Å². The number of ketones is 1. The van der Waals surface area contributed by atoms with Crippen molar-refractivity contribution in [1.82, 2.24) is 0 Å². The van der Waals surface area contributed by atoms with E-state index in [0.29, 0.717) is 12.7 Å². The molecule has 1 unspecified atom stereocenters. The van der Waals surface area contributed by atoms with Crippen LogP contribution in [0.1, 0.15) is 110 Å². The molecule has 0 radical (unpaired) electrons. The van der Waals surface area contributed by atoms with Crippen LogP contribution in [0, 0.1) is 0 Å². The van der Waals surface area contributed by atoms with Crippen molar-refractivity contribution in [3.8, 4) is 0 Å². The van der Waals surface area contributed by atoms with Crippen LogP contribution in [-0.4, -0.2) is 61.4 Å². The number of phosphoric ester groups is 1. The van der Waals surface area contributed by atoms with Crippen molar-refractivity contribution in [2.75, 3.05) is 26.4 Å². The van der Waals surface area contributed by atoms with E-state index in [9.17, 15) is 28.6 Å². The van der Waals surface area contributed by atoms with Crippen LogP contribution in [0.5, 0.6) is 0 Å². The lowest BCUT2D eigenvalue weighted by atomic mass is 10.1. The maximum atomic E-state index is 12.2. The largest absolute Gasteiger partial charge is 0.472 e. The average Bonchev–Trinajstić information content (AvgIpc) is 2.97. The second-order valence-corrected chi connectivity index (χ2v) is 11.4. The molecule has 11 nitrogen and oxygen atoms in total. The van der Waals surface area contributed by atoms with Gasteiger partial charge in [-0.1, -0.05) is 70.4 Å². The molecule has 0 fully saturated rings. The van der Waals surface area contributed by atoms with Gasteiger partial charge in [-0.2, -0.15) is 0 Å². The molecule has 0 saturated heterocycles. The molecular weight excluding hydrogens is 565 g/mol. The molecule has 0 aliphatic heterocycles. The Morgan fingerprint density at radius 3 is 2.05 bits per heavy atom. The van der Waals surface area contributed by atoms with Gasteiger partial charge in [-0.15, -0.1) is 0 Å². The van der Waals surface area contributed by atoms with E-state index < -0.39 is 44.9 Å². The highest BCUT2D eigenvalue weighted by atomic mass is 31.2. The van der Waals surface area contributed by atoms with Crippen LogP contribution in [0.15, 0.2) is 24.3 Å². The second-order valence-electron chi connectivity index (χ2n) is 9.98. The van der Waals surface area contributed by atoms with Gasteiger partial charge in [0.05, 0.1) is 19.6 Å². The predicted molar refractivity (Wildman–Crippen MR) is 161 cm³/mol. The molecule has 0 aromatic carbocycles. The Morgan fingerprint density at radius 1 is 0.810 bits per heavy atom. The van der Waals surface area contributed by atoms with Gasteiger partial charge in [-0.3, -0.25) is 28.2 Å². The Labute approximate surface area is 251 Å². The number of carbonyl (C=O) groups is 4. The van der Waals surface area contributed by atoms with E-state index in [4.69, 9.17) is 19.7 Å². The number of hydrogen-bond acceptors (Lipinski definition) is 10. The van der Waals surface area contributed by atoms with Gasteiger partial charge in [0.15, 0.2) is 11.9 Å². The van der Waals surface area contributed by atoms with Crippen LogP contribution in [-0.2, 0) is 42.3 Å². The number of rotatable bonds is 29. The fourth-order valence-corrected chi connectivity index (χ4v) is 4.56. The van der Waals surface area contributed by atoms with Gasteiger partial charge >= 0.3 is 19.8 Å². The Balaban J connectivity index is 4.29. The minimum atomic E-state index is -4.46. The third kappa shape index (κ3) is 26.7. The average molecular weight is 618 g/mol. The van der Waals surface area contributed by atoms with Crippen LogP contribution in [0.25, 0.3) is 0 Å². The third-order valence-electron chi connectivity index (χ3n) is 6.10. The Morgan fingerprint density at radius 2 is 1.43 bits per heavy atom. The molecule has 0 heterocycles. The summed E-state index contributed by atoms with van der Waals surface area (Å²) >= 11 is 0. The summed E-state index contributed by atoms with van der Waals surface area (Å²) in [6.07, 6.45) is 20.4. The van der Waals surface area contributed by atoms with Gasteiger partial charge in [0.25, 0.3) is 0 Å². The molecule has 0 aliphatic carbocycles. The summed E-state index contributed by atoms with van der Waals surface area (Å²) in [6.45, 7) is 1.02. The number of unbranched alkanes of at least 4 members (excludes halogenated alkanes) is 11. The van der Waals surface area contributed by atoms with E-state index in [1.165, 1.54) is 38.5 Å². The second kappa shape index (κ2) is 27.7. The molecule has 0 amide bonds. The van der Waals surface area contributed by atoms with Crippen molar-refractivity contribution in [3.63, 3.8) is 0 Å². The van der Waals surface area contributed by atoms with E-state index in [1.807, 2.05) is 0 Å². The van der Waals surface area contributed by atoms with Crippen molar-refractivity contribution in [2.24, 2.45) is 5.73 Å². The van der Waals surface area contributed by atoms with E-state index in [-0.39, 0.29) is 32.4 Å². The molecule has 0 aromatic rings. The SMILES string of the molecule is CCCCCCCC/C=C\CCCCCCCC(=O)OC[C@H](COP(=O)(O)OCCN)OC(=O)CCC(=O)/C=C/C=O. The fourth-order valence-electron chi connectivity index (χ4n) is 3.80. The first-order valence-electron chi connectivity index (χ1n) is 15.2. The zero-order chi connectivity index (χ0) is 31.3. The number of ether oxygens (including phenoxy) is 2. The zero-order valence-electron chi connectivity index (χ0n) is 25.3. The van der Waals surface area contributed by atoms with Crippen molar-refractivity contribution in [1.29, 1.82) is 0 Å². The lowest BCUT2D eigenvalue weighted by Crippen LogP contribution is -2.29. The Hall–Kier alpha value is -2.17. The maximum Gasteiger partial charge on any atom is 0.472 e. The summed E-state index contributed by atoms with van der Waals surface area (Å²) < 4.78 is 31.8. The van der Waals surface area contributed by atoms with E-state index in [1.54, 1.807) is 0 Å². The van der Waals surface area contributed by atoms with Gasteiger partial charge < -0.3 is 20.1 Å². The minimum Gasteiger partial charge on any atom is -0.462 e. The molecule has 0 spiro atoms. The standard InChI is InChI=1S/C30H52NO10P/c1-2-3-4-5-6-7-8-9-10-11-12-13-14-15-16-19-29(34)38-25-28(26-40-42(36,37)39-24-22-31)41-30(35)21-20-27(33)18-17-23-32/h9-10,17-18,23,28H,2-8,11-16,19-22,24-26,31H2,1H3,(H,36,37)/b10-9-,18-17+/t28-/m1/s1. The first-order valence-corrected chi connectivity index (χ1v) is 16.7. The van der Waals surface area contributed by atoms with E-state index >= 15 is 0 Å². The number of phosphoric acid groups is 1. The molecule has 0 aliphatic rings. The normalized spacial score (nSPS) is 13.7. The molecule has 3 N–H and O–H groups in total. The van der Waals surface area contributed by atoms with Crippen LogP contribution in [0.2, 0.25) is 0 Å².